The molecule has 0 aliphatic carbocycles. The summed E-state index contributed by atoms with van der Waals surface area (Å²) in [5.74, 6) is 0. The summed E-state index contributed by atoms with van der Waals surface area (Å²) in [6.45, 7) is 12.2. The van der Waals surface area contributed by atoms with Crippen molar-refractivity contribution in [1.82, 2.24) is 14.9 Å². The van der Waals surface area contributed by atoms with Crippen molar-refractivity contribution < 1.29 is 0 Å². The maximum absolute atomic E-state index is 4.39. The van der Waals surface area contributed by atoms with E-state index >= 15 is 0 Å². The molecule has 3 rings (SSSR count). The van der Waals surface area contributed by atoms with Gasteiger partial charge in [0.15, 0.2) is 0 Å². The highest BCUT2D eigenvalue weighted by molar-refractivity contribution is 5.89. The van der Waals surface area contributed by atoms with E-state index in [9.17, 15) is 0 Å². The lowest BCUT2D eigenvalue weighted by atomic mass is 9.87. The lowest BCUT2D eigenvalue weighted by Gasteiger charge is -2.43. The SMILES string of the molecule is CCCN1c2cc(C)c(/C=N\n3cnnc3)cc2C(C)=CC1(C)C. The van der Waals surface area contributed by atoms with Gasteiger partial charge in [-0.1, -0.05) is 13.0 Å². The monoisotopic (exact) mass is 323 g/mol. The second-order valence-corrected chi connectivity index (χ2v) is 6.95. The van der Waals surface area contributed by atoms with Crippen molar-refractivity contribution in [3.05, 3.63) is 47.6 Å². The Morgan fingerprint density at radius 3 is 2.54 bits per heavy atom. The van der Waals surface area contributed by atoms with E-state index < -0.39 is 0 Å². The largest absolute Gasteiger partial charge is 0.362 e. The van der Waals surface area contributed by atoms with Crippen LogP contribution >= 0.6 is 0 Å². The number of anilines is 1. The number of aryl methyl sites for hydroxylation is 1. The van der Waals surface area contributed by atoms with Gasteiger partial charge in [0, 0.05) is 17.8 Å². The molecule has 1 aromatic carbocycles. The van der Waals surface area contributed by atoms with Gasteiger partial charge >= 0.3 is 0 Å². The van der Waals surface area contributed by atoms with Crippen molar-refractivity contribution in [3.63, 3.8) is 0 Å². The third-order valence-corrected chi connectivity index (χ3v) is 4.55. The Balaban J connectivity index is 2.05. The molecule has 0 atom stereocenters. The van der Waals surface area contributed by atoms with Crippen LogP contribution in [0.25, 0.3) is 5.57 Å². The van der Waals surface area contributed by atoms with Gasteiger partial charge in [-0.3, -0.25) is 0 Å². The first-order chi connectivity index (χ1) is 11.4. The number of fused-ring (bicyclic) bond motifs is 1. The molecule has 1 aromatic heterocycles. The predicted octanol–water partition coefficient (Wildman–Crippen LogP) is 3.88. The minimum absolute atomic E-state index is 0.0393. The zero-order valence-corrected chi connectivity index (χ0v) is 15.1. The smallest absolute Gasteiger partial charge is 0.141 e. The first kappa shape index (κ1) is 16.4. The Morgan fingerprint density at radius 1 is 1.17 bits per heavy atom. The fourth-order valence-corrected chi connectivity index (χ4v) is 3.40. The van der Waals surface area contributed by atoms with Gasteiger partial charge < -0.3 is 4.90 Å². The number of hydrogen-bond acceptors (Lipinski definition) is 4. The Hall–Kier alpha value is -2.43. The van der Waals surface area contributed by atoms with Crippen LogP contribution in [-0.2, 0) is 0 Å². The molecule has 0 unspecified atom stereocenters. The van der Waals surface area contributed by atoms with Crippen LogP contribution in [0.2, 0.25) is 0 Å². The van der Waals surface area contributed by atoms with E-state index in [2.05, 4.69) is 73.0 Å². The van der Waals surface area contributed by atoms with Gasteiger partial charge in [0.1, 0.15) is 12.7 Å². The van der Waals surface area contributed by atoms with Crippen molar-refractivity contribution in [2.75, 3.05) is 11.4 Å². The Morgan fingerprint density at radius 2 is 1.88 bits per heavy atom. The average molecular weight is 323 g/mol. The number of allylic oxidation sites excluding steroid dienone is 1. The number of hydrogen-bond donors (Lipinski definition) is 0. The lowest BCUT2D eigenvalue weighted by molar-refractivity contribution is 0.550. The van der Waals surface area contributed by atoms with Crippen LogP contribution in [0.15, 0.2) is 36.0 Å². The summed E-state index contributed by atoms with van der Waals surface area (Å²) in [5, 5.41) is 11.9. The summed E-state index contributed by atoms with van der Waals surface area (Å²) in [7, 11) is 0. The molecular weight excluding hydrogens is 298 g/mol. The molecule has 5 heteroatoms. The van der Waals surface area contributed by atoms with Crippen LogP contribution in [0.3, 0.4) is 0 Å². The second kappa shape index (κ2) is 6.23. The third-order valence-electron chi connectivity index (χ3n) is 4.55. The Labute approximate surface area is 143 Å². The molecule has 2 heterocycles. The first-order valence-corrected chi connectivity index (χ1v) is 8.43. The van der Waals surface area contributed by atoms with Gasteiger partial charge in [0.05, 0.1) is 11.8 Å². The highest BCUT2D eigenvalue weighted by Crippen LogP contribution is 2.40. The summed E-state index contributed by atoms with van der Waals surface area (Å²) >= 11 is 0. The van der Waals surface area contributed by atoms with Gasteiger partial charge in [-0.05, 0) is 62.9 Å². The zero-order valence-electron chi connectivity index (χ0n) is 15.1. The molecule has 0 N–H and O–H groups in total. The molecule has 0 amide bonds. The molecule has 0 fully saturated rings. The highest BCUT2D eigenvalue weighted by atomic mass is 15.4. The summed E-state index contributed by atoms with van der Waals surface area (Å²) in [6, 6.07) is 4.53. The standard InChI is InChI=1S/C19H25N5/c1-6-7-24-18-8-14(2)16(11-22-23-12-20-21-13-23)9-17(18)15(3)10-19(24,4)5/h8-13H,6-7H2,1-5H3/b22-11-. The van der Waals surface area contributed by atoms with E-state index in [0.717, 1.165) is 18.5 Å². The van der Waals surface area contributed by atoms with E-state index in [1.165, 1.54) is 22.4 Å². The van der Waals surface area contributed by atoms with Crippen molar-refractivity contribution in [3.8, 4) is 0 Å². The Kier molecular flexibility index (Phi) is 4.26. The van der Waals surface area contributed by atoms with Crippen molar-refractivity contribution >= 4 is 17.5 Å². The van der Waals surface area contributed by atoms with Gasteiger partial charge in [-0.25, -0.2) is 4.68 Å². The van der Waals surface area contributed by atoms with Gasteiger partial charge in [-0.2, -0.15) is 5.10 Å². The first-order valence-electron chi connectivity index (χ1n) is 8.43. The molecule has 0 spiro atoms. The molecule has 5 nitrogen and oxygen atoms in total. The van der Waals surface area contributed by atoms with Crippen molar-refractivity contribution in [2.24, 2.45) is 5.10 Å². The molecule has 0 radical (unpaired) electrons. The minimum atomic E-state index is 0.0393. The van der Waals surface area contributed by atoms with Crippen LogP contribution in [0, 0.1) is 6.92 Å². The molecule has 24 heavy (non-hydrogen) atoms. The zero-order chi connectivity index (χ0) is 17.3. The minimum Gasteiger partial charge on any atom is -0.362 e. The summed E-state index contributed by atoms with van der Waals surface area (Å²) in [5.41, 5.74) is 6.31. The van der Waals surface area contributed by atoms with Crippen LogP contribution in [-0.4, -0.2) is 33.2 Å². The summed E-state index contributed by atoms with van der Waals surface area (Å²) in [6.07, 6.45) is 8.53. The van der Waals surface area contributed by atoms with E-state index in [1.807, 2.05) is 6.21 Å². The third kappa shape index (κ3) is 2.98. The van der Waals surface area contributed by atoms with Crippen LogP contribution in [0.5, 0.6) is 0 Å². The van der Waals surface area contributed by atoms with Gasteiger partial charge in [0.2, 0.25) is 0 Å². The Bertz CT molecular complexity index is 784. The summed E-state index contributed by atoms with van der Waals surface area (Å²) < 4.78 is 1.61. The average Bonchev–Trinajstić information content (AvgIpc) is 3.02. The molecule has 0 saturated carbocycles. The van der Waals surface area contributed by atoms with Crippen molar-refractivity contribution in [1.29, 1.82) is 0 Å². The van der Waals surface area contributed by atoms with Gasteiger partial charge in [0.25, 0.3) is 0 Å². The van der Waals surface area contributed by atoms with Crippen LogP contribution in [0.4, 0.5) is 5.69 Å². The molecule has 2 aromatic rings. The van der Waals surface area contributed by atoms with E-state index in [-0.39, 0.29) is 5.54 Å². The lowest BCUT2D eigenvalue weighted by Crippen LogP contribution is -2.45. The fourth-order valence-electron chi connectivity index (χ4n) is 3.40. The molecule has 0 bridgehead atoms. The number of aromatic nitrogens is 3. The van der Waals surface area contributed by atoms with Crippen molar-refractivity contribution in [2.45, 2.75) is 46.6 Å². The predicted molar refractivity (Wildman–Crippen MR) is 99.6 cm³/mol. The topological polar surface area (TPSA) is 46.3 Å². The molecule has 1 aliphatic heterocycles. The van der Waals surface area contributed by atoms with E-state index in [4.69, 9.17) is 0 Å². The normalized spacial score (nSPS) is 16.4. The molecular formula is C19H25N5. The van der Waals surface area contributed by atoms with E-state index in [0.29, 0.717) is 0 Å². The van der Waals surface area contributed by atoms with Crippen LogP contribution < -0.4 is 4.90 Å². The maximum Gasteiger partial charge on any atom is 0.141 e. The maximum atomic E-state index is 4.39. The molecule has 126 valence electrons. The molecule has 1 aliphatic rings. The number of rotatable bonds is 4. The second-order valence-electron chi connectivity index (χ2n) is 6.95. The van der Waals surface area contributed by atoms with Crippen LogP contribution in [0.1, 0.15) is 50.8 Å². The molecule has 0 saturated heterocycles. The quantitative estimate of drug-likeness (QED) is 0.802. The number of nitrogens with zero attached hydrogens (tertiary/aromatic N) is 5. The van der Waals surface area contributed by atoms with Gasteiger partial charge in [-0.15, -0.1) is 10.2 Å². The summed E-state index contributed by atoms with van der Waals surface area (Å²) in [4.78, 5) is 2.50. The number of benzene rings is 1. The fraction of sp³-hybridized carbons (Fsp3) is 0.421. The highest BCUT2D eigenvalue weighted by Gasteiger charge is 2.30. The van der Waals surface area contributed by atoms with E-state index in [1.54, 1.807) is 17.3 Å².